The van der Waals surface area contributed by atoms with E-state index in [1.54, 1.807) is 37.4 Å². The summed E-state index contributed by atoms with van der Waals surface area (Å²) < 4.78 is 18.4. The van der Waals surface area contributed by atoms with E-state index in [0.29, 0.717) is 29.4 Å². The van der Waals surface area contributed by atoms with Gasteiger partial charge in [-0.05, 0) is 69.5 Å². The van der Waals surface area contributed by atoms with E-state index >= 15 is 0 Å². The van der Waals surface area contributed by atoms with Crippen LogP contribution in [-0.2, 0) is 4.74 Å². The molecule has 9 heteroatoms. The normalized spacial score (nSPS) is 21.1. The number of aromatic nitrogens is 1. The van der Waals surface area contributed by atoms with Gasteiger partial charge < -0.3 is 24.8 Å². The van der Waals surface area contributed by atoms with E-state index in [1.807, 2.05) is 0 Å². The molecule has 0 saturated carbocycles. The third-order valence-corrected chi connectivity index (χ3v) is 6.58. The minimum atomic E-state index is -0.354. The van der Waals surface area contributed by atoms with Crippen LogP contribution in [-0.4, -0.2) is 48.6 Å². The standard InChI is InChI=1S/C23H27N3O5.ClH/c1-15-6-11-26(16-4-5-17-18(13-16)30-14-29-17)22(28)20(15)21(27)25-19-3-2-12-31-23(19)7-9-24-10-8-23;/h4-6,11,13,19,24H,2-3,7-10,12,14H2,1H3,(H,25,27);1H. The molecule has 1 aromatic heterocycles. The maximum atomic E-state index is 13.3. The van der Waals surface area contributed by atoms with Crippen molar-refractivity contribution in [3.8, 4) is 17.2 Å². The highest BCUT2D eigenvalue weighted by atomic mass is 35.5. The summed E-state index contributed by atoms with van der Waals surface area (Å²) in [6, 6.07) is 6.99. The Bertz CT molecular complexity index is 1060. The molecule has 1 spiro atoms. The Morgan fingerprint density at radius 1 is 1.19 bits per heavy atom. The van der Waals surface area contributed by atoms with Crippen molar-refractivity contribution in [3.05, 3.63) is 51.9 Å². The predicted molar refractivity (Wildman–Crippen MR) is 121 cm³/mol. The first-order valence-electron chi connectivity index (χ1n) is 10.9. The second-order valence-corrected chi connectivity index (χ2v) is 8.42. The van der Waals surface area contributed by atoms with Gasteiger partial charge in [-0.3, -0.25) is 14.2 Å². The minimum absolute atomic E-state index is 0. The molecule has 2 saturated heterocycles. The second kappa shape index (κ2) is 9.13. The highest BCUT2D eigenvalue weighted by Gasteiger charge is 2.44. The van der Waals surface area contributed by atoms with Crippen LogP contribution in [0.1, 0.15) is 41.6 Å². The Labute approximate surface area is 192 Å². The molecule has 3 aliphatic rings. The van der Waals surface area contributed by atoms with Crippen LogP contribution in [0.5, 0.6) is 11.5 Å². The van der Waals surface area contributed by atoms with E-state index < -0.39 is 0 Å². The molecule has 1 amide bonds. The quantitative estimate of drug-likeness (QED) is 0.729. The maximum Gasteiger partial charge on any atom is 0.268 e. The Morgan fingerprint density at radius 2 is 1.97 bits per heavy atom. The van der Waals surface area contributed by atoms with Crippen molar-refractivity contribution >= 4 is 18.3 Å². The maximum absolute atomic E-state index is 13.3. The highest BCUT2D eigenvalue weighted by Crippen LogP contribution is 2.34. The van der Waals surface area contributed by atoms with Crippen molar-refractivity contribution in [1.82, 2.24) is 15.2 Å². The molecule has 8 nitrogen and oxygen atoms in total. The van der Waals surface area contributed by atoms with Crippen LogP contribution >= 0.6 is 12.4 Å². The number of amides is 1. The van der Waals surface area contributed by atoms with Crippen molar-refractivity contribution in [1.29, 1.82) is 0 Å². The number of nitrogens with one attached hydrogen (secondary N) is 2. The van der Waals surface area contributed by atoms with Crippen LogP contribution in [0, 0.1) is 6.92 Å². The number of hydrogen-bond acceptors (Lipinski definition) is 6. The Morgan fingerprint density at radius 3 is 2.78 bits per heavy atom. The van der Waals surface area contributed by atoms with Crippen molar-refractivity contribution < 1.29 is 19.0 Å². The first kappa shape index (κ1) is 22.6. The highest BCUT2D eigenvalue weighted by molar-refractivity contribution is 5.95. The number of piperidine rings is 1. The zero-order valence-corrected chi connectivity index (χ0v) is 18.8. The summed E-state index contributed by atoms with van der Waals surface area (Å²) >= 11 is 0. The third-order valence-electron chi connectivity index (χ3n) is 6.58. The number of benzene rings is 1. The number of ether oxygens (including phenoxy) is 3. The van der Waals surface area contributed by atoms with Gasteiger partial charge in [-0.15, -0.1) is 12.4 Å². The van der Waals surface area contributed by atoms with Crippen molar-refractivity contribution in [3.63, 3.8) is 0 Å². The SMILES string of the molecule is Cc1ccn(-c2ccc3c(c2)OCO3)c(=O)c1C(=O)NC1CCCOC12CCNCC2.Cl. The fourth-order valence-electron chi connectivity index (χ4n) is 4.84. The monoisotopic (exact) mass is 461 g/mol. The number of pyridine rings is 1. The first-order chi connectivity index (χ1) is 15.1. The van der Waals surface area contributed by atoms with E-state index in [2.05, 4.69) is 10.6 Å². The van der Waals surface area contributed by atoms with Crippen molar-refractivity contribution in [2.75, 3.05) is 26.5 Å². The molecule has 0 aliphatic carbocycles. The van der Waals surface area contributed by atoms with Gasteiger partial charge in [0.2, 0.25) is 6.79 Å². The van der Waals surface area contributed by atoms with Crippen LogP contribution in [0.25, 0.3) is 5.69 Å². The van der Waals surface area contributed by atoms with Gasteiger partial charge in [-0.2, -0.15) is 0 Å². The molecule has 2 fully saturated rings. The molecule has 4 heterocycles. The van der Waals surface area contributed by atoms with Crippen molar-refractivity contribution in [2.45, 2.75) is 44.2 Å². The molecule has 5 rings (SSSR count). The number of hydrogen-bond donors (Lipinski definition) is 2. The lowest BCUT2D eigenvalue weighted by Gasteiger charge is -2.46. The largest absolute Gasteiger partial charge is 0.454 e. The van der Waals surface area contributed by atoms with Crippen LogP contribution in [0.4, 0.5) is 0 Å². The molecular weight excluding hydrogens is 434 g/mol. The van der Waals surface area contributed by atoms with E-state index in [4.69, 9.17) is 14.2 Å². The van der Waals surface area contributed by atoms with E-state index in [9.17, 15) is 9.59 Å². The molecule has 172 valence electrons. The lowest BCUT2D eigenvalue weighted by Crippen LogP contribution is -2.60. The summed E-state index contributed by atoms with van der Waals surface area (Å²) in [6.07, 6.45) is 5.15. The molecule has 1 atom stereocenters. The number of fused-ring (bicyclic) bond motifs is 1. The molecule has 1 aromatic carbocycles. The number of halogens is 1. The van der Waals surface area contributed by atoms with Gasteiger partial charge in [-0.25, -0.2) is 0 Å². The number of carbonyl (C=O) groups is 1. The number of nitrogens with zero attached hydrogens (tertiary/aromatic N) is 1. The molecular formula is C23H28ClN3O5. The molecule has 32 heavy (non-hydrogen) atoms. The molecule has 2 N–H and O–H groups in total. The topological polar surface area (TPSA) is 90.8 Å². The summed E-state index contributed by atoms with van der Waals surface area (Å²) in [5.41, 5.74) is 0.732. The molecule has 0 radical (unpaired) electrons. The van der Waals surface area contributed by atoms with Gasteiger partial charge in [-0.1, -0.05) is 0 Å². The molecule has 1 unspecified atom stereocenters. The smallest absolute Gasteiger partial charge is 0.268 e. The number of rotatable bonds is 3. The average Bonchev–Trinajstić information content (AvgIpc) is 3.24. The Hall–Kier alpha value is -2.55. The molecule has 2 aromatic rings. The van der Waals surface area contributed by atoms with Crippen LogP contribution in [0.15, 0.2) is 35.3 Å². The molecule has 0 bridgehead atoms. The van der Waals surface area contributed by atoms with Gasteiger partial charge in [0.25, 0.3) is 11.5 Å². The van der Waals surface area contributed by atoms with Crippen molar-refractivity contribution in [2.24, 2.45) is 0 Å². The zero-order valence-electron chi connectivity index (χ0n) is 18.0. The zero-order chi connectivity index (χ0) is 21.4. The van der Waals surface area contributed by atoms with Crippen LogP contribution in [0.3, 0.4) is 0 Å². The number of aryl methyl sites for hydroxylation is 1. The average molecular weight is 462 g/mol. The van der Waals surface area contributed by atoms with E-state index in [-0.39, 0.29) is 47.9 Å². The summed E-state index contributed by atoms with van der Waals surface area (Å²) in [5, 5.41) is 6.51. The van der Waals surface area contributed by atoms with Gasteiger partial charge in [0.1, 0.15) is 5.56 Å². The summed E-state index contributed by atoms with van der Waals surface area (Å²) in [6.45, 7) is 4.41. The van der Waals surface area contributed by atoms with E-state index in [0.717, 1.165) is 38.8 Å². The predicted octanol–water partition coefficient (Wildman–Crippen LogP) is 2.33. The van der Waals surface area contributed by atoms with Crippen LogP contribution < -0.4 is 25.7 Å². The fraction of sp³-hybridized carbons (Fsp3) is 0.478. The Balaban J connectivity index is 0.00000245. The Kier molecular flexibility index (Phi) is 6.46. The van der Waals surface area contributed by atoms with E-state index in [1.165, 1.54) is 4.57 Å². The minimum Gasteiger partial charge on any atom is -0.454 e. The first-order valence-corrected chi connectivity index (χ1v) is 10.9. The lowest BCUT2D eigenvalue weighted by atomic mass is 9.80. The molecule has 3 aliphatic heterocycles. The summed E-state index contributed by atoms with van der Waals surface area (Å²) in [4.78, 5) is 26.6. The van der Waals surface area contributed by atoms with Gasteiger partial charge in [0.15, 0.2) is 11.5 Å². The van der Waals surface area contributed by atoms with Crippen LogP contribution in [0.2, 0.25) is 0 Å². The second-order valence-electron chi connectivity index (χ2n) is 8.42. The summed E-state index contributed by atoms with van der Waals surface area (Å²) in [7, 11) is 0. The summed E-state index contributed by atoms with van der Waals surface area (Å²) in [5.74, 6) is 0.889. The third kappa shape index (κ3) is 3.98. The fourth-order valence-corrected chi connectivity index (χ4v) is 4.84. The van der Waals surface area contributed by atoms with Gasteiger partial charge in [0, 0.05) is 18.9 Å². The van der Waals surface area contributed by atoms with Gasteiger partial charge >= 0.3 is 0 Å². The number of carbonyl (C=O) groups excluding carboxylic acids is 1. The van der Waals surface area contributed by atoms with Gasteiger partial charge in [0.05, 0.1) is 17.3 Å². The lowest BCUT2D eigenvalue weighted by molar-refractivity contribution is -0.114.